The Kier molecular flexibility index (Phi) is 18.1. The van der Waals surface area contributed by atoms with Crippen molar-refractivity contribution in [1.29, 1.82) is 0 Å². The molecule has 0 bridgehead atoms. The third-order valence-electron chi connectivity index (χ3n) is 10.9. The van der Waals surface area contributed by atoms with Gasteiger partial charge in [0.15, 0.2) is 37.6 Å². The van der Waals surface area contributed by atoms with Crippen LogP contribution in [0.25, 0.3) is 0 Å². The standard InChI is InChI=1S/C32H53NO30S/c1-6(38)33-11-14(41)21(58-30-19(46)24(13(40)8(3-35)55-30)61-32-20(47)25(63-64(51,52)53)17(44)26(62-32)27(48)49)10(5-37)57-29(11)60-23-12(39)7(2-34)56-31(18(23)45)59-22-9(4-36)54-28(50)16(43)15(22)42/h7-26,28-32,34-37,39-47,50H,2-5H2,1H3,(H,33,38)(H,48,49)(H,51,52,53)/t7-,8-,9-,10-,11-,12+,13+,14-,15-,16-,17+,18-,19-,20-,21-,22-,23+,24+,25+,26+,28?,29+,30+,31+,32-/m1/s1. The molecule has 17 N–H and O–H groups in total. The van der Waals surface area contributed by atoms with E-state index >= 15 is 0 Å². The van der Waals surface area contributed by atoms with Crippen LogP contribution in [0.3, 0.4) is 0 Å². The van der Waals surface area contributed by atoms with Crippen LogP contribution in [0, 0.1) is 0 Å². The van der Waals surface area contributed by atoms with E-state index in [1.807, 2.05) is 0 Å². The van der Waals surface area contributed by atoms with Gasteiger partial charge in [0.2, 0.25) is 5.91 Å². The summed E-state index contributed by atoms with van der Waals surface area (Å²) in [5.74, 6) is -2.85. The van der Waals surface area contributed by atoms with Crippen LogP contribution < -0.4 is 5.32 Å². The van der Waals surface area contributed by atoms with Gasteiger partial charge in [-0.15, -0.1) is 0 Å². The average Bonchev–Trinajstić information content (AvgIpc) is 3.23. The number of carbonyl (C=O) groups is 2. The maximum atomic E-state index is 12.4. The van der Waals surface area contributed by atoms with Crippen LogP contribution >= 0.6 is 0 Å². The molecule has 0 radical (unpaired) electrons. The van der Waals surface area contributed by atoms with E-state index in [0.29, 0.717) is 0 Å². The van der Waals surface area contributed by atoms with Gasteiger partial charge in [0.25, 0.3) is 0 Å². The van der Waals surface area contributed by atoms with E-state index < -0.39 is 202 Å². The summed E-state index contributed by atoms with van der Waals surface area (Å²) >= 11 is 0. The van der Waals surface area contributed by atoms with Crippen LogP contribution in [0.1, 0.15) is 6.92 Å². The fourth-order valence-corrected chi connectivity index (χ4v) is 8.16. The molecule has 32 heteroatoms. The highest BCUT2D eigenvalue weighted by Crippen LogP contribution is 2.36. The lowest BCUT2D eigenvalue weighted by molar-refractivity contribution is -0.385. The summed E-state index contributed by atoms with van der Waals surface area (Å²) in [7, 11) is -5.49. The molecule has 5 aliphatic heterocycles. The zero-order chi connectivity index (χ0) is 47.7. The molecular weight excluding hydrogens is 910 g/mol. The minimum atomic E-state index is -5.49. The van der Waals surface area contributed by atoms with Gasteiger partial charge in [0.1, 0.15) is 116 Å². The summed E-state index contributed by atoms with van der Waals surface area (Å²) in [6.45, 7) is -3.10. The van der Waals surface area contributed by atoms with Gasteiger partial charge >= 0.3 is 16.4 Å². The van der Waals surface area contributed by atoms with Crippen molar-refractivity contribution < 1.29 is 146 Å². The Morgan fingerprint density at radius 2 is 0.906 bits per heavy atom. The lowest BCUT2D eigenvalue weighted by Gasteiger charge is -2.50. The average molecular weight is 964 g/mol. The number of carboxylic acid groups (broad SMARTS) is 1. The first-order chi connectivity index (χ1) is 30.0. The molecule has 5 heterocycles. The molecule has 0 saturated carbocycles. The molecule has 0 aromatic carbocycles. The first-order valence-corrected chi connectivity index (χ1v) is 20.6. The second-order valence-corrected chi connectivity index (χ2v) is 16.3. The van der Waals surface area contributed by atoms with Crippen LogP contribution in [0.15, 0.2) is 0 Å². The van der Waals surface area contributed by atoms with Crippen LogP contribution in [-0.2, 0) is 66.8 Å². The van der Waals surface area contributed by atoms with E-state index in [1.54, 1.807) is 0 Å². The molecule has 5 saturated heterocycles. The molecule has 1 amide bonds. The first kappa shape index (κ1) is 52.9. The largest absolute Gasteiger partial charge is 0.479 e. The maximum absolute atomic E-state index is 12.4. The Labute approximate surface area is 360 Å². The molecule has 25 atom stereocenters. The van der Waals surface area contributed by atoms with Crippen molar-refractivity contribution in [2.24, 2.45) is 0 Å². The van der Waals surface area contributed by atoms with Gasteiger partial charge in [0, 0.05) is 6.92 Å². The number of amides is 1. The number of carboxylic acids is 1. The molecule has 64 heavy (non-hydrogen) atoms. The maximum Gasteiger partial charge on any atom is 0.397 e. The van der Waals surface area contributed by atoms with E-state index in [9.17, 15) is 94.6 Å². The Hall–Kier alpha value is -2.11. The van der Waals surface area contributed by atoms with Crippen molar-refractivity contribution in [3.63, 3.8) is 0 Å². The van der Waals surface area contributed by atoms with E-state index in [1.165, 1.54) is 0 Å². The Morgan fingerprint density at radius 3 is 1.36 bits per heavy atom. The quantitative estimate of drug-likeness (QED) is 0.0639. The van der Waals surface area contributed by atoms with Crippen molar-refractivity contribution in [3.05, 3.63) is 0 Å². The summed E-state index contributed by atoms with van der Waals surface area (Å²) in [6.07, 6.45) is -49.6. The fourth-order valence-electron chi connectivity index (χ4n) is 7.65. The summed E-state index contributed by atoms with van der Waals surface area (Å²) in [4.78, 5) is 24.2. The predicted octanol–water partition coefficient (Wildman–Crippen LogP) is -11.9. The number of hydrogen-bond donors (Lipinski definition) is 17. The monoisotopic (exact) mass is 963 g/mol. The molecule has 0 aromatic rings. The van der Waals surface area contributed by atoms with Gasteiger partial charge in [-0.1, -0.05) is 0 Å². The van der Waals surface area contributed by atoms with Crippen molar-refractivity contribution in [3.8, 4) is 0 Å². The molecule has 0 aliphatic carbocycles. The zero-order valence-corrected chi connectivity index (χ0v) is 33.9. The second-order valence-electron chi connectivity index (χ2n) is 15.2. The van der Waals surface area contributed by atoms with Gasteiger partial charge in [0.05, 0.1) is 26.4 Å². The van der Waals surface area contributed by atoms with E-state index in [2.05, 4.69) is 9.50 Å². The van der Waals surface area contributed by atoms with Crippen molar-refractivity contribution in [1.82, 2.24) is 5.32 Å². The zero-order valence-electron chi connectivity index (χ0n) is 33.0. The lowest BCUT2D eigenvalue weighted by Crippen LogP contribution is -2.70. The van der Waals surface area contributed by atoms with Gasteiger partial charge in [-0.25, -0.2) is 8.98 Å². The molecule has 372 valence electrons. The van der Waals surface area contributed by atoms with E-state index in [-0.39, 0.29) is 0 Å². The number of aliphatic hydroxyl groups excluding tert-OH is 14. The normalized spacial score (nSPS) is 48.1. The summed E-state index contributed by atoms with van der Waals surface area (Å²) in [5.41, 5.74) is 0. The predicted molar refractivity (Wildman–Crippen MR) is 189 cm³/mol. The summed E-state index contributed by atoms with van der Waals surface area (Å²) in [5, 5.41) is 160. The molecule has 0 aromatic heterocycles. The Bertz CT molecular complexity index is 1650. The number of nitrogens with one attached hydrogen (secondary N) is 1. The number of ether oxygens (including phenoxy) is 9. The van der Waals surface area contributed by atoms with Crippen LogP contribution in [-0.4, -0.2) is 281 Å². The first-order valence-electron chi connectivity index (χ1n) is 19.3. The van der Waals surface area contributed by atoms with Crippen LogP contribution in [0.2, 0.25) is 0 Å². The third-order valence-corrected chi connectivity index (χ3v) is 11.4. The Balaban J connectivity index is 1.37. The topological polar surface area (TPSA) is 496 Å². The molecular formula is C32H53NO30S. The van der Waals surface area contributed by atoms with Gasteiger partial charge in [-0.05, 0) is 0 Å². The number of aliphatic hydroxyl groups is 14. The number of aliphatic carboxylic acids is 1. The van der Waals surface area contributed by atoms with Gasteiger partial charge in [-0.3, -0.25) is 9.35 Å². The molecule has 1 unspecified atom stereocenters. The number of hydrogen-bond acceptors (Lipinski definition) is 28. The SMILES string of the molecule is CC(=O)N[C@H]1[C@H](O[C@H]2[C@@H](O)[C@@H](CO)O[C@@H](O[C@H]3[C@H](O)[C@@H](O)C(O)O[C@@H]3CO)[C@@H]2O)O[C@H](CO)[C@@H](O[C@@H]2O[C@H](CO)[C@H](O)[C@H](O[C@@H]3O[C@H](C(=O)O)[C@@H](O)[C@H](OS(=O)(=O)O)[C@H]3O)[C@H]2O)[C@@H]1O. The van der Waals surface area contributed by atoms with E-state index in [0.717, 1.165) is 6.92 Å². The molecule has 31 nitrogen and oxygen atoms in total. The third kappa shape index (κ3) is 11.4. The minimum Gasteiger partial charge on any atom is -0.479 e. The highest BCUT2D eigenvalue weighted by Gasteiger charge is 2.58. The highest BCUT2D eigenvalue weighted by molar-refractivity contribution is 7.80. The molecule has 5 rings (SSSR count). The summed E-state index contributed by atoms with van der Waals surface area (Å²) < 4.78 is 85.7. The lowest BCUT2D eigenvalue weighted by atomic mass is 9.94. The summed E-state index contributed by atoms with van der Waals surface area (Å²) in [6, 6.07) is -1.82. The van der Waals surface area contributed by atoms with Crippen LogP contribution in [0.5, 0.6) is 0 Å². The molecule has 5 aliphatic rings. The smallest absolute Gasteiger partial charge is 0.397 e. The fraction of sp³-hybridized carbons (Fsp3) is 0.938. The highest BCUT2D eigenvalue weighted by atomic mass is 32.3. The van der Waals surface area contributed by atoms with Crippen molar-refractivity contribution >= 4 is 22.3 Å². The molecule has 5 fully saturated rings. The van der Waals surface area contributed by atoms with Crippen molar-refractivity contribution in [2.75, 3.05) is 26.4 Å². The van der Waals surface area contributed by atoms with E-state index in [4.69, 9.17) is 47.2 Å². The van der Waals surface area contributed by atoms with Gasteiger partial charge < -0.3 is 125 Å². The second kappa shape index (κ2) is 21.9. The van der Waals surface area contributed by atoms with Gasteiger partial charge in [-0.2, -0.15) is 8.42 Å². The number of rotatable bonds is 16. The minimum absolute atomic E-state index is 0.884. The molecule has 0 spiro atoms. The van der Waals surface area contributed by atoms with Crippen LogP contribution in [0.4, 0.5) is 0 Å². The number of carbonyl (C=O) groups excluding carboxylic acids is 1. The Morgan fingerprint density at radius 1 is 0.500 bits per heavy atom. The van der Waals surface area contributed by atoms with Crippen molar-refractivity contribution in [2.45, 2.75) is 160 Å².